The van der Waals surface area contributed by atoms with Gasteiger partial charge in [0.05, 0.1) is 0 Å². The van der Waals surface area contributed by atoms with E-state index in [-0.39, 0.29) is 0 Å². The summed E-state index contributed by atoms with van der Waals surface area (Å²) in [4.78, 5) is 0. The molecule has 0 radical (unpaired) electrons. The average molecular weight is 196 g/mol. The molecule has 1 aromatic rings. The summed E-state index contributed by atoms with van der Waals surface area (Å²) in [6.45, 7) is 4.27. The van der Waals surface area contributed by atoms with Crippen LogP contribution >= 0.6 is 0 Å². The van der Waals surface area contributed by atoms with Crippen molar-refractivity contribution in [3.63, 3.8) is 0 Å². The van der Waals surface area contributed by atoms with Crippen LogP contribution in [0.25, 0.3) is 5.57 Å². The van der Waals surface area contributed by atoms with Crippen LogP contribution in [0.2, 0.25) is 0 Å². The average Bonchev–Trinajstić information content (AvgIpc) is 2.30. The van der Waals surface area contributed by atoms with E-state index < -0.39 is 0 Å². The molecule has 15 heavy (non-hydrogen) atoms. The van der Waals surface area contributed by atoms with Crippen LogP contribution in [0.5, 0.6) is 0 Å². The van der Waals surface area contributed by atoms with Gasteiger partial charge in [-0.3, -0.25) is 0 Å². The second kappa shape index (κ2) is 4.31. The van der Waals surface area contributed by atoms with E-state index in [0.29, 0.717) is 0 Å². The zero-order valence-electron chi connectivity index (χ0n) is 9.33. The maximum Gasteiger partial charge on any atom is -0.00888 e. The number of allylic oxidation sites excluding steroid dienone is 6. The minimum atomic E-state index is 1.06. The van der Waals surface area contributed by atoms with E-state index in [2.05, 4.69) is 62.4 Å². The third-order valence-electron chi connectivity index (χ3n) is 2.80. The molecule has 0 spiro atoms. The molecule has 0 saturated carbocycles. The monoisotopic (exact) mass is 196 g/mol. The molecule has 0 amide bonds. The van der Waals surface area contributed by atoms with Crippen molar-refractivity contribution < 1.29 is 0 Å². The lowest BCUT2D eigenvalue weighted by Gasteiger charge is -2.15. The van der Waals surface area contributed by atoms with Crippen LogP contribution in [-0.2, 0) is 0 Å². The summed E-state index contributed by atoms with van der Waals surface area (Å²) in [7, 11) is 0. The highest BCUT2D eigenvalue weighted by atomic mass is 14.1. The molecule has 0 saturated heterocycles. The van der Waals surface area contributed by atoms with Crippen LogP contribution in [0.3, 0.4) is 0 Å². The van der Waals surface area contributed by atoms with E-state index in [1.807, 2.05) is 0 Å². The highest BCUT2D eigenvalue weighted by Crippen LogP contribution is 2.30. The summed E-state index contributed by atoms with van der Waals surface area (Å²) in [6.07, 6.45) is 7.82. The number of benzene rings is 1. The minimum Gasteiger partial charge on any atom is -0.0835 e. The normalized spacial score (nSPS) is 18.7. The van der Waals surface area contributed by atoms with E-state index in [0.717, 1.165) is 6.42 Å². The van der Waals surface area contributed by atoms with Crippen LogP contribution < -0.4 is 0 Å². The molecule has 0 heteroatoms. The molecule has 1 aliphatic rings. The van der Waals surface area contributed by atoms with Crippen molar-refractivity contribution in [3.05, 3.63) is 65.3 Å². The van der Waals surface area contributed by atoms with Gasteiger partial charge in [0.15, 0.2) is 0 Å². The van der Waals surface area contributed by atoms with E-state index in [4.69, 9.17) is 0 Å². The zero-order chi connectivity index (χ0) is 10.7. The standard InChI is InChI=1S/C15H16/c1-3-13-10-9-12(2)11-15(13)14-7-5-4-6-8-14/h3-9,11H,10H2,1-2H3. The van der Waals surface area contributed by atoms with Gasteiger partial charge in [0.25, 0.3) is 0 Å². The van der Waals surface area contributed by atoms with Gasteiger partial charge in [0.2, 0.25) is 0 Å². The van der Waals surface area contributed by atoms with Crippen molar-refractivity contribution in [1.82, 2.24) is 0 Å². The Kier molecular flexibility index (Phi) is 2.86. The van der Waals surface area contributed by atoms with E-state index >= 15 is 0 Å². The zero-order valence-corrected chi connectivity index (χ0v) is 9.33. The highest BCUT2D eigenvalue weighted by molar-refractivity contribution is 5.82. The quantitative estimate of drug-likeness (QED) is 0.625. The van der Waals surface area contributed by atoms with Gasteiger partial charge < -0.3 is 0 Å². The van der Waals surface area contributed by atoms with Gasteiger partial charge in [-0.1, -0.05) is 54.1 Å². The summed E-state index contributed by atoms with van der Waals surface area (Å²) in [5, 5.41) is 0. The predicted octanol–water partition coefficient (Wildman–Crippen LogP) is 4.37. The molecule has 1 aliphatic carbocycles. The Morgan fingerprint density at radius 2 is 1.87 bits per heavy atom. The number of hydrogen-bond acceptors (Lipinski definition) is 0. The van der Waals surface area contributed by atoms with E-state index in [1.54, 1.807) is 0 Å². The van der Waals surface area contributed by atoms with Crippen LogP contribution in [0.1, 0.15) is 25.8 Å². The van der Waals surface area contributed by atoms with Gasteiger partial charge in [-0.25, -0.2) is 0 Å². The molecule has 1 aromatic carbocycles. The molecule has 0 aromatic heterocycles. The van der Waals surface area contributed by atoms with Gasteiger partial charge in [-0.05, 0) is 37.0 Å². The number of rotatable bonds is 1. The first-order chi connectivity index (χ1) is 7.31. The second-order valence-electron chi connectivity index (χ2n) is 3.89. The topological polar surface area (TPSA) is 0 Å². The molecule has 76 valence electrons. The van der Waals surface area contributed by atoms with Crippen LogP contribution in [-0.4, -0.2) is 0 Å². The first kappa shape index (κ1) is 9.97. The Morgan fingerprint density at radius 3 is 2.53 bits per heavy atom. The van der Waals surface area contributed by atoms with Crippen molar-refractivity contribution in [2.75, 3.05) is 0 Å². The summed E-state index contributed by atoms with van der Waals surface area (Å²) in [5.41, 5.74) is 5.47. The third kappa shape index (κ3) is 2.10. The number of hydrogen-bond donors (Lipinski definition) is 0. The molecular weight excluding hydrogens is 180 g/mol. The van der Waals surface area contributed by atoms with Crippen molar-refractivity contribution in [2.24, 2.45) is 0 Å². The summed E-state index contributed by atoms with van der Waals surface area (Å²) in [5.74, 6) is 0. The Labute approximate surface area is 91.6 Å². The molecular formula is C15H16. The van der Waals surface area contributed by atoms with Gasteiger partial charge in [-0.2, -0.15) is 0 Å². The lowest BCUT2D eigenvalue weighted by atomic mass is 9.89. The van der Waals surface area contributed by atoms with Crippen molar-refractivity contribution in [3.8, 4) is 0 Å². The van der Waals surface area contributed by atoms with Gasteiger partial charge in [0.1, 0.15) is 0 Å². The first-order valence-electron chi connectivity index (χ1n) is 5.40. The fourth-order valence-corrected chi connectivity index (χ4v) is 1.92. The van der Waals surface area contributed by atoms with Crippen molar-refractivity contribution >= 4 is 5.57 Å². The van der Waals surface area contributed by atoms with Gasteiger partial charge >= 0.3 is 0 Å². The van der Waals surface area contributed by atoms with Crippen molar-refractivity contribution in [2.45, 2.75) is 20.3 Å². The van der Waals surface area contributed by atoms with E-state index in [1.165, 1.54) is 22.3 Å². The maximum absolute atomic E-state index is 2.28. The van der Waals surface area contributed by atoms with Crippen molar-refractivity contribution in [1.29, 1.82) is 0 Å². The van der Waals surface area contributed by atoms with Gasteiger partial charge in [-0.15, -0.1) is 0 Å². The fourth-order valence-electron chi connectivity index (χ4n) is 1.92. The van der Waals surface area contributed by atoms with E-state index in [9.17, 15) is 0 Å². The lowest BCUT2D eigenvalue weighted by molar-refractivity contribution is 1.22. The molecule has 0 atom stereocenters. The second-order valence-corrected chi connectivity index (χ2v) is 3.89. The first-order valence-corrected chi connectivity index (χ1v) is 5.40. The molecule has 0 N–H and O–H groups in total. The molecule has 2 rings (SSSR count). The largest absolute Gasteiger partial charge is 0.0835 e. The highest BCUT2D eigenvalue weighted by Gasteiger charge is 2.09. The molecule has 0 bridgehead atoms. The Hall–Kier alpha value is -1.56. The Morgan fingerprint density at radius 1 is 1.13 bits per heavy atom. The maximum atomic E-state index is 2.28. The Bertz CT molecular complexity index is 430. The molecule has 0 aliphatic heterocycles. The predicted molar refractivity (Wildman–Crippen MR) is 66.6 cm³/mol. The molecule has 0 heterocycles. The smallest absolute Gasteiger partial charge is 0.00888 e. The third-order valence-corrected chi connectivity index (χ3v) is 2.80. The fraction of sp³-hybridized carbons (Fsp3) is 0.200. The van der Waals surface area contributed by atoms with Gasteiger partial charge in [0, 0.05) is 0 Å². The van der Waals surface area contributed by atoms with Crippen LogP contribution in [0.4, 0.5) is 0 Å². The SMILES string of the molecule is CC=C1CC=C(C)C=C1c1ccccc1. The lowest BCUT2D eigenvalue weighted by Crippen LogP contribution is -1.94. The summed E-state index contributed by atoms with van der Waals surface area (Å²) in [6, 6.07) is 10.6. The van der Waals surface area contributed by atoms with Crippen LogP contribution in [0.15, 0.2) is 59.7 Å². The molecule has 0 fully saturated rings. The minimum absolute atomic E-state index is 1.06. The summed E-state index contributed by atoms with van der Waals surface area (Å²) < 4.78 is 0. The summed E-state index contributed by atoms with van der Waals surface area (Å²) >= 11 is 0. The molecule has 0 nitrogen and oxygen atoms in total. The Balaban J connectivity index is 2.46. The van der Waals surface area contributed by atoms with Crippen LogP contribution in [0, 0.1) is 0 Å². The molecule has 0 unspecified atom stereocenters.